The van der Waals surface area contributed by atoms with Crippen molar-refractivity contribution in [1.82, 2.24) is 15.0 Å². The van der Waals surface area contributed by atoms with Crippen LogP contribution in [0.4, 0.5) is 5.95 Å². The van der Waals surface area contributed by atoms with Crippen LogP contribution in [0.5, 0.6) is 0 Å². The molecule has 0 saturated carbocycles. The van der Waals surface area contributed by atoms with Gasteiger partial charge in [-0.25, -0.2) is 15.8 Å². The summed E-state index contributed by atoms with van der Waals surface area (Å²) in [5, 5.41) is 0. The van der Waals surface area contributed by atoms with Crippen LogP contribution in [-0.4, -0.2) is 15.0 Å². The zero-order valence-electron chi connectivity index (χ0n) is 7.38. The van der Waals surface area contributed by atoms with Crippen LogP contribution in [0.3, 0.4) is 0 Å². The van der Waals surface area contributed by atoms with E-state index in [0.717, 1.165) is 11.1 Å². The first-order chi connectivity index (χ1) is 6.90. The third-order valence-corrected chi connectivity index (χ3v) is 1.79. The van der Waals surface area contributed by atoms with Gasteiger partial charge in [-0.1, -0.05) is 0 Å². The standard InChI is InChI=1S/C9H9N5/c10-14-9-12-5-8(6-13-9)7-1-3-11-4-2-7/h1-6H,10H2,(H,12,13,14). The van der Waals surface area contributed by atoms with Crippen LogP contribution in [0.15, 0.2) is 36.9 Å². The molecular weight excluding hydrogens is 178 g/mol. The molecule has 0 aliphatic carbocycles. The first-order valence-corrected chi connectivity index (χ1v) is 4.09. The predicted octanol–water partition coefficient (Wildman–Crippen LogP) is 0.824. The van der Waals surface area contributed by atoms with E-state index >= 15 is 0 Å². The minimum Gasteiger partial charge on any atom is -0.292 e. The van der Waals surface area contributed by atoms with Crippen molar-refractivity contribution in [3.05, 3.63) is 36.9 Å². The van der Waals surface area contributed by atoms with E-state index in [4.69, 9.17) is 5.84 Å². The summed E-state index contributed by atoms with van der Waals surface area (Å²) in [6, 6.07) is 3.79. The maximum atomic E-state index is 5.15. The molecule has 2 heterocycles. The molecular formula is C9H9N5. The van der Waals surface area contributed by atoms with Gasteiger partial charge in [0.05, 0.1) is 0 Å². The summed E-state index contributed by atoms with van der Waals surface area (Å²) < 4.78 is 0. The van der Waals surface area contributed by atoms with Gasteiger partial charge in [0.2, 0.25) is 5.95 Å². The number of anilines is 1. The topological polar surface area (TPSA) is 76.7 Å². The SMILES string of the molecule is NNc1ncc(-c2ccncc2)cn1. The summed E-state index contributed by atoms with van der Waals surface area (Å²) in [5.74, 6) is 5.56. The maximum absolute atomic E-state index is 5.15. The number of pyridine rings is 1. The number of aromatic nitrogens is 3. The van der Waals surface area contributed by atoms with Crippen LogP contribution in [0.2, 0.25) is 0 Å². The van der Waals surface area contributed by atoms with Crippen molar-refractivity contribution in [2.75, 3.05) is 5.43 Å². The van der Waals surface area contributed by atoms with Crippen molar-refractivity contribution in [2.45, 2.75) is 0 Å². The molecule has 0 atom stereocenters. The Balaban J connectivity index is 2.34. The lowest BCUT2D eigenvalue weighted by atomic mass is 10.1. The van der Waals surface area contributed by atoms with Gasteiger partial charge in [-0.3, -0.25) is 10.4 Å². The molecule has 0 amide bonds. The average Bonchev–Trinajstić information content (AvgIpc) is 2.30. The lowest BCUT2D eigenvalue weighted by Crippen LogP contribution is -2.09. The Morgan fingerprint density at radius 1 is 1.00 bits per heavy atom. The van der Waals surface area contributed by atoms with E-state index in [2.05, 4.69) is 20.4 Å². The van der Waals surface area contributed by atoms with Crippen LogP contribution >= 0.6 is 0 Å². The van der Waals surface area contributed by atoms with Crippen molar-refractivity contribution < 1.29 is 0 Å². The molecule has 0 unspecified atom stereocenters. The first kappa shape index (κ1) is 8.58. The molecule has 0 fully saturated rings. The minimum atomic E-state index is 0.405. The smallest absolute Gasteiger partial charge is 0.237 e. The third-order valence-electron chi connectivity index (χ3n) is 1.79. The Labute approximate surface area is 81.0 Å². The molecule has 0 saturated heterocycles. The molecule has 0 aliphatic heterocycles. The highest BCUT2D eigenvalue weighted by Crippen LogP contribution is 2.15. The Morgan fingerprint density at radius 2 is 1.64 bits per heavy atom. The van der Waals surface area contributed by atoms with E-state index in [9.17, 15) is 0 Å². The molecule has 0 radical (unpaired) electrons. The fourth-order valence-electron chi connectivity index (χ4n) is 1.10. The molecule has 14 heavy (non-hydrogen) atoms. The van der Waals surface area contributed by atoms with Crippen LogP contribution in [-0.2, 0) is 0 Å². The van der Waals surface area contributed by atoms with E-state index in [-0.39, 0.29) is 0 Å². The van der Waals surface area contributed by atoms with Crippen LogP contribution in [0.25, 0.3) is 11.1 Å². The van der Waals surface area contributed by atoms with Gasteiger partial charge in [-0.2, -0.15) is 0 Å². The van der Waals surface area contributed by atoms with Crippen molar-refractivity contribution in [2.24, 2.45) is 5.84 Å². The number of hydrogen-bond donors (Lipinski definition) is 2. The van der Waals surface area contributed by atoms with E-state index in [1.165, 1.54) is 0 Å². The highest BCUT2D eigenvalue weighted by atomic mass is 15.3. The van der Waals surface area contributed by atoms with Crippen LogP contribution in [0, 0.1) is 0 Å². The number of rotatable bonds is 2. The van der Waals surface area contributed by atoms with E-state index in [1.54, 1.807) is 24.8 Å². The second-order valence-corrected chi connectivity index (χ2v) is 2.68. The van der Waals surface area contributed by atoms with Gasteiger partial charge in [0.25, 0.3) is 0 Å². The Morgan fingerprint density at radius 3 is 2.21 bits per heavy atom. The second-order valence-electron chi connectivity index (χ2n) is 2.68. The van der Waals surface area contributed by atoms with Crippen LogP contribution < -0.4 is 11.3 Å². The van der Waals surface area contributed by atoms with Gasteiger partial charge in [0, 0.05) is 30.4 Å². The highest BCUT2D eigenvalue weighted by molar-refractivity contribution is 5.60. The summed E-state index contributed by atoms with van der Waals surface area (Å²) in [6.45, 7) is 0. The Kier molecular flexibility index (Phi) is 2.33. The number of nitrogens with zero attached hydrogens (tertiary/aromatic N) is 3. The normalized spacial score (nSPS) is 9.79. The number of nitrogens with one attached hydrogen (secondary N) is 1. The summed E-state index contributed by atoms with van der Waals surface area (Å²) in [7, 11) is 0. The molecule has 5 nitrogen and oxygen atoms in total. The fourth-order valence-corrected chi connectivity index (χ4v) is 1.10. The molecule has 2 aromatic heterocycles. The maximum Gasteiger partial charge on any atom is 0.237 e. The minimum absolute atomic E-state index is 0.405. The van der Waals surface area contributed by atoms with Crippen molar-refractivity contribution in [3.63, 3.8) is 0 Å². The molecule has 3 N–H and O–H groups in total. The molecule has 70 valence electrons. The number of hydrazine groups is 1. The van der Waals surface area contributed by atoms with Crippen molar-refractivity contribution in [1.29, 1.82) is 0 Å². The largest absolute Gasteiger partial charge is 0.292 e. The van der Waals surface area contributed by atoms with Gasteiger partial charge < -0.3 is 0 Å². The zero-order chi connectivity index (χ0) is 9.80. The van der Waals surface area contributed by atoms with E-state index in [0.29, 0.717) is 5.95 Å². The second kappa shape index (κ2) is 3.80. The van der Waals surface area contributed by atoms with Crippen LogP contribution in [0.1, 0.15) is 0 Å². The molecule has 0 spiro atoms. The van der Waals surface area contributed by atoms with Crippen molar-refractivity contribution in [3.8, 4) is 11.1 Å². The summed E-state index contributed by atoms with van der Waals surface area (Å²) >= 11 is 0. The van der Waals surface area contributed by atoms with Gasteiger partial charge in [0.1, 0.15) is 0 Å². The number of hydrogen-bond acceptors (Lipinski definition) is 5. The summed E-state index contributed by atoms with van der Waals surface area (Å²) in [5.41, 5.74) is 4.34. The van der Waals surface area contributed by atoms with Crippen molar-refractivity contribution >= 4 is 5.95 Å². The van der Waals surface area contributed by atoms with Gasteiger partial charge in [0.15, 0.2) is 0 Å². The molecule has 2 aromatic rings. The molecule has 0 aromatic carbocycles. The molecule has 0 aliphatic rings. The zero-order valence-corrected chi connectivity index (χ0v) is 7.38. The lowest BCUT2D eigenvalue weighted by molar-refractivity contribution is 1.12. The summed E-state index contributed by atoms with van der Waals surface area (Å²) in [4.78, 5) is 11.9. The number of nitrogens with two attached hydrogens (primary N) is 1. The summed E-state index contributed by atoms with van der Waals surface area (Å²) in [6.07, 6.45) is 6.86. The Hall–Kier alpha value is -2.01. The monoisotopic (exact) mass is 187 g/mol. The van der Waals surface area contributed by atoms with E-state index < -0.39 is 0 Å². The quantitative estimate of drug-likeness (QED) is 0.537. The highest BCUT2D eigenvalue weighted by Gasteiger charge is 1.97. The lowest BCUT2D eigenvalue weighted by Gasteiger charge is -2.00. The van der Waals surface area contributed by atoms with Gasteiger partial charge >= 0.3 is 0 Å². The molecule has 2 rings (SSSR count). The predicted molar refractivity (Wildman–Crippen MR) is 53.1 cm³/mol. The third kappa shape index (κ3) is 1.67. The Bertz CT molecular complexity index is 397. The average molecular weight is 187 g/mol. The number of nitrogen functional groups attached to an aromatic ring is 1. The van der Waals surface area contributed by atoms with E-state index in [1.807, 2.05) is 12.1 Å². The van der Waals surface area contributed by atoms with Gasteiger partial charge in [-0.05, 0) is 17.7 Å². The first-order valence-electron chi connectivity index (χ1n) is 4.09. The molecule has 0 bridgehead atoms. The van der Waals surface area contributed by atoms with Gasteiger partial charge in [-0.15, -0.1) is 0 Å². The fraction of sp³-hybridized carbons (Fsp3) is 0. The molecule has 5 heteroatoms.